The summed E-state index contributed by atoms with van der Waals surface area (Å²) in [5.41, 5.74) is 1.28. The number of methoxy groups -OCH3 is 1. The van der Waals surface area contributed by atoms with Crippen molar-refractivity contribution in [1.29, 1.82) is 0 Å². The van der Waals surface area contributed by atoms with E-state index >= 15 is 0 Å². The second-order valence-corrected chi connectivity index (χ2v) is 6.28. The van der Waals surface area contributed by atoms with Crippen LogP contribution in [0.25, 0.3) is 0 Å². The first-order chi connectivity index (χ1) is 11.6. The summed E-state index contributed by atoms with van der Waals surface area (Å²) in [4.78, 5) is 6.43. The quantitative estimate of drug-likeness (QED) is 0.376. The predicted octanol–water partition coefficient (Wildman–Crippen LogP) is 3.85. The van der Waals surface area contributed by atoms with Crippen LogP contribution in [-0.4, -0.2) is 44.7 Å². The molecule has 25 heavy (non-hydrogen) atoms. The number of guanidine groups is 1. The van der Waals surface area contributed by atoms with Crippen LogP contribution in [0.1, 0.15) is 12.5 Å². The van der Waals surface area contributed by atoms with E-state index in [2.05, 4.69) is 32.0 Å². The lowest BCUT2D eigenvalue weighted by atomic mass is 10.3. The van der Waals surface area contributed by atoms with Gasteiger partial charge >= 0.3 is 0 Å². The van der Waals surface area contributed by atoms with Gasteiger partial charge in [-0.25, -0.2) is 0 Å². The van der Waals surface area contributed by atoms with Crippen molar-refractivity contribution in [2.45, 2.75) is 19.6 Å². The van der Waals surface area contributed by atoms with Gasteiger partial charge in [0.25, 0.3) is 0 Å². The molecule has 0 amide bonds. The van der Waals surface area contributed by atoms with Crippen molar-refractivity contribution in [2.24, 2.45) is 4.99 Å². The van der Waals surface area contributed by atoms with E-state index in [-0.39, 0.29) is 30.1 Å². The zero-order valence-corrected chi connectivity index (χ0v) is 18.2. The molecule has 0 saturated heterocycles. The van der Waals surface area contributed by atoms with Crippen LogP contribution in [0.4, 0.5) is 0 Å². The molecule has 0 aliphatic heterocycles. The fourth-order valence-electron chi connectivity index (χ4n) is 2.33. The molecule has 1 aromatic heterocycles. The average Bonchev–Trinajstić information content (AvgIpc) is 3.09. The first kappa shape index (κ1) is 21.6. The molecule has 0 fully saturated rings. The lowest BCUT2D eigenvalue weighted by molar-refractivity contribution is 0.212. The maximum absolute atomic E-state index is 5.96. The van der Waals surface area contributed by atoms with Gasteiger partial charge in [-0.3, -0.25) is 4.99 Å². The van der Waals surface area contributed by atoms with E-state index in [0.29, 0.717) is 6.54 Å². The van der Waals surface area contributed by atoms with Crippen molar-refractivity contribution in [3.05, 3.63) is 46.7 Å². The fourth-order valence-corrected chi connectivity index (χ4v) is 2.99. The van der Waals surface area contributed by atoms with Crippen LogP contribution in [0.15, 0.2) is 46.1 Å². The fraction of sp³-hybridized carbons (Fsp3) is 0.389. The zero-order valence-electron chi connectivity index (χ0n) is 15.1. The monoisotopic (exact) mass is 475 g/mol. The summed E-state index contributed by atoms with van der Waals surface area (Å²) in [7, 11) is 5.46. The molecular weight excluding hydrogens is 449 g/mol. The van der Waals surface area contributed by atoms with Gasteiger partial charge in [0.2, 0.25) is 0 Å². The highest BCUT2D eigenvalue weighted by Gasteiger charge is 2.11. The van der Waals surface area contributed by atoms with Crippen LogP contribution in [0.5, 0.6) is 11.5 Å². The predicted molar refractivity (Wildman–Crippen MR) is 116 cm³/mol. The highest BCUT2D eigenvalue weighted by molar-refractivity contribution is 14.0. The molecule has 0 aliphatic rings. The third-order valence-electron chi connectivity index (χ3n) is 3.52. The molecule has 0 bridgehead atoms. The molecule has 1 unspecified atom stereocenters. The van der Waals surface area contributed by atoms with Crippen molar-refractivity contribution >= 4 is 41.3 Å². The van der Waals surface area contributed by atoms with Gasteiger partial charge < -0.3 is 19.7 Å². The number of halogens is 1. The summed E-state index contributed by atoms with van der Waals surface area (Å²) in [5.74, 6) is 2.33. The largest absolute Gasteiger partial charge is 0.493 e. The topological polar surface area (TPSA) is 46.1 Å². The Bertz CT molecular complexity index is 650. The number of para-hydroxylation sites is 2. The smallest absolute Gasteiger partial charge is 0.193 e. The Balaban J connectivity index is 0.00000312. The number of hydrogen-bond donors (Lipinski definition) is 1. The van der Waals surface area contributed by atoms with Crippen LogP contribution in [0.2, 0.25) is 0 Å². The van der Waals surface area contributed by atoms with E-state index in [1.54, 1.807) is 25.5 Å². The Hall–Kier alpha value is -1.48. The van der Waals surface area contributed by atoms with Gasteiger partial charge in [0, 0.05) is 20.6 Å². The van der Waals surface area contributed by atoms with Gasteiger partial charge in [-0.2, -0.15) is 11.3 Å². The second kappa shape index (κ2) is 11.2. The summed E-state index contributed by atoms with van der Waals surface area (Å²) >= 11 is 1.71. The number of nitrogens with zero attached hydrogens (tertiary/aromatic N) is 2. The molecule has 1 atom stereocenters. The van der Waals surface area contributed by atoms with E-state index in [0.717, 1.165) is 24.0 Å². The molecule has 0 aliphatic carbocycles. The summed E-state index contributed by atoms with van der Waals surface area (Å²) in [5, 5.41) is 7.59. The van der Waals surface area contributed by atoms with E-state index in [1.807, 2.05) is 38.2 Å². The second-order valence-electron chi connectivity index (χ2n) is 5.50. The maximum Gasteiger partial charge on any atom is 0.193 e. The van der Waals surface area contributed by atoms with E-state index in [4.69, 9.17) is 9.47 Å². The highest BCUT2D eigenvalue weighted by Crippen LogP contribution is 2.26. The highest BCUT2D eigenvalue weighted by atomic mass is 127. The van der Waals surface area contributed by atoms with Gasteiger partial charge in [-0.15, -0.1) is 24.0 Å². The lowest BCUT2D eigenvalue weighted by Crippen LogP contribution is -2.42. The summed E-state index contributed by atoms with van der Waals surface area (Å²) < 4.78 is 11.3. The molecule has 138 valence electrons. The standard InChI is InChI=1S/C18H25N3O2S.HI/c1-14(23-17-8-6-5-7-16(17)22-4)11-20-18(19-2)21(3)12-15-9-10-24-13-15;/h5-10,13-14H,11-12H2,1-4H3,(H,19,20);1H. The Kier molecular flexibility index (Phi) is 9.66. The SMILES string of the molecule is CN=C(NCC(C)Oc1ccccc1OC)N(C)Cc1ccsc1.I. The Morgan fingerprint density at radius 2 is 2.00 bits per heavy atom. The Labute approximate surface area is 171 Å². The minimum Gasteiger partial charge on any atom is -0.493 e. The molecule has 2 rings (SSSR count). The molecule has 1 heterocycles. The van der Waals surface area contributed by atoms with Crippen molar-refractivity contribution in [2.75, 3.05) is 27.7 Å². The molecule has 5 nitrogen and oxygen atoms in total. The average molecular weight is 475 g/mol. The number of ether oxygens (including phenoxy) is 2. The van der Waals surface area contributed by atoms with E-state index in [9.17, 15) is 0 Å². The van der Waals surface area contributed by atoms with Crippen molar-refractivity contribution < 1.29 is 9.47 Å². The molecule has 0 spiro atoms. The third-order valence-corrected chi connectivity index (χ3v) is 4.25. The van der Waals surface area contributed by atoms with Gasteiger partial charge in [-0.1, -0.05) is 12.1 Å². The number of rotatable bonds is 7. The van der Waals surface area contributed by atoms with Crippen LogP contribution >= 0.6 is 35.3 Å². The number of aliphatic imine (C=N–C) groups is 1. The first-order valence-corrected chi connectivity index (χ1v) is 8.81. The van der Waals surface area contributed by atoms with Gasteiger partial charge in [0.15, 0.2) is 17.5 Å². The first-order valence-electron chi connectivity index (χ1n) is 7.86. The number of thiophene rings is 1. The van der Waals surface area contributed by atoms with Crippen molar-refractivity contribution in [3.63, 3.8) is 0 Å². The van der Waals surface area contributed by atoms with Gasteiger partial charge in [-0.05, 0) is 41.4 Å². The van der Waals surface area contributed by atoms with Crippen molar-refractivity contribution in [1.82, 2.24) is 10.2 Å². The zero-order chi connectivity index (χ0) is 17.4. The minimum atomic E-state index is -0.0207. The maximum atomic E-state index is 5.96. The molecule has 1 N–H and O–H groups in total. The normalized spacial score (nSPS) is 12.1. The number of hydrogen-bond acceptors (Lipinski definition) is 4. The van der Waals surface area contributed by atoms with Crippen molar-refractivity contribution in [3.8, 4) is 11.5 Å². The van der Waals surface area contributed by atoms with Gasteiger partial charge in [0.1, 0.15) is 6.10 Å². The Morgan fingerprint density at radius 1 is 1.28 bits per heavy atom. The van der Waals surface area contributed by atoms with Gasteiger partial charge in [0.05, 0.1) is 13.7 Å². The molecule has 2 aromatic rings. The molecule has 0 radical (unpaired) electrons. The minimum absolute atomic E-state index is 0. The lowest BCUT2D eigenvalue weighted by Gasteiger charge is -2.24. The molecule has 0 saturated carbocycles. The Morgan fingerprint density at radius 3 is 2.60 bits per heavy atom. The number of nitrogens with one attached hydrogen (secondary N) is 1. The molecule has 7 heteroatoms. The summed E-state index contributed by atoms with van der Waals surface area (Å²) in [6.07, 6.45) is -0.0207. The van der Waals surface area contributed by atoms with Crippen LogP contribution in [-0.2, 0) is 6.54 Å². The third kappa shape index (κ3) is 6.74. The summed E-state index contributed by atoms with van der Waals surface area (Å²) in [6.45, 7) is 3.50. The number of benzene rings is 1. The molecular formula is C18H26IN3O2S. The molecule has 1 aromatic carbocycles. The van der Waals surface area contributed by atoms with E-state index < -0.39 is 0 Å². The van der Waals surface area contributed by atoms with Crippen LogP contribution in [0, 0.1) is 0 Å². The summed E-state index contributed by atoms with van der Waals surface area (Å²) in [6, 6.07) is 9.79. The van der Waals surface area contributed by atoms with E-state index in [1.165, 1.54) is 5.56 Å². The van der Waals surface area contributed by atoms with Crippen LogP contribution in [0.3, 0.4) is 0 Å². The van der Waals surface area contributed by atoms with Crippen LogP contribution < -0.4 is 14.8 Å².